The molecule has 1 aromatic heterocycles. The molecule has 2 N–H and O–H groups in total. The number of carbonyl (C=O) groups excluding carboxylic acids is 3. The Bertz CT molecular complexity index is 1910. The second kappa shape index (κ2) is 15.6. The summed E-state index contributed by atoms with van der Waals surface area (Å²) in [4.78, 5) is 61.6. The molecular formula is C35H40FN7O7. The molecule has 1 saturated heterocycles. The summed E-state index contributed by atoms with van der Waals surface area (Å²) in [7, 11) is 4.21. The lowest BCUT2D eigenvalue weighted by Crippen LogP contribution is -2.59. The number of para-hydroxylation sites is 1. The van der Waals surface area contributed by atoms with E-state index in [1.165, 1.54) is 55.2 Å². The second-order valence-electron chi connectivity index (χ2n) is 11.5. The van der Waals surface area contributed by atoms with Gasteiger partial charge in [0.2, 0.25) is 5.91 Å². The molecule has 1 aliphatic rings. The first-order valence-electron chi connectivity index (χ1n) is 16.1. The predicted octanol–water partition coefficient (Wildman–Crippen LogP) is 4.27. The summed E-state index contributed by atoms with van der Waals surface area (Å²) in [6, 6.07) is 15.0. The van der Waals surface area contributed by atoms with Crippen molar-refractivity contribution in [3.05, 3.63) is 88.7 Å². The Labute approximate surface area is 288 Å². The summed E-state index contributed by atoms with van der Waals surface area (Å²) in [6.07, 6.45) is -0.327. The largest absolute Gasteiger partial charge is 0.497 e. The minimum absolute atomic E-state index is 0.249. The third-order valence-electron chi connectivity index (χ3n) is 8.53. The van der Waals surface area contributed by atoms with Gasteiger partial charge < -0.3 is 34.8 Å². The fourth-order valence-corrected chi connectivity index (χ4v) is 5.87. The van der Waals surface area contributed by atoms with Gasteiger partial charge in [-0.1, -0.05) is 19.1 Å². The van der Waals surface area contributed by atoms with Crippen molar-refractivity contribution in [1.82, 2.24) is 19.9 Å². The van der Waals surface area contributed by atoms with E-state index in [2.05, 4.69) is 15.4 Å². The summed E-state index contributed by atoms with van der Waals surface area (Å²) >= 11 is 0. The van der Waals surface area contributed by atoms with Crippen LogP contribution in [0.25, 0.3) is 10.9 Å². The number of halogens is 1. The molecule has 3 aromatic carbocycles. The number of anilines is 2. The van der Waals surface area contributed by atoms with Gasteiger partial charge in [-0.25, -0.2) is 23.6 Å². The standard InChI is InChI=1S/C35H40FN7O7/c1-6-27(39-35(47)50-5)33(45)40-17-19-41(20-18-40)43-31(38-28-10-8-7-9-26(28)32(43)44)22(2)42(29-16-15-25(48-3)21-30(29)49-4)34(46)37-24-13-11-23(36)12-14-24/h7-16,21-22,27H,6,17-20H2,1-5H3,(H,37,46)(H,39,47)/t22-,27-/m0/s1. The molecule has 4 amide bonds. The van der Waals surface area contributed by atoms with Crippen LogP contribution >= 0.6 is 0 Å². The van der Waals surface area contributed by atoms with Gasteiger partial charge in [-0.3, -0.25) is 14.5 Å². The predicted molar refractivity (Wildman–Crippen MR) is 186 cm³/mol. The maximum atomic E-state index is 14.3. The van der Waals surface area contributed by atoms with Gasteiger partial charge in [0, 0.05) is 24.8 Å². The molecule has 0 bridgehead atoms. The molecule has 0 radical (unpaired) electrons. The van der Waals surface area contributed by atoms with Crippen molar-refractivity contribution in [3.63, 3.8) is 0 Å². The van der Waals surface area contributed by atoms with Gasteiger partial charge in [0.05, 0.1) is 57.1 Å². The molecule has 0 spiro atoms. The summed E-state index contributed by atoms with van der Waals surface area (Å²) in [5, 5.41) is 7.57. The average molecular weight is 690 g/mol. The van der Waals surface area contributed by atoms with Crippen LogP contribution < -0.4 is 35.6 Å². The number of ether oxygens (including phenoxy) is 3. The minimum Gasteiger partial charge on any atom is -0.497 e. The number of piperazine rings is 1. The van der Waals surface area contributed by atoms with Gasteiger partial charge in [-0.15, -0.1) is 0 Å². The number of benzene rings is 3. The molecule has 0 aliphatic carbocycles. The third kappa shape index (κ3) is 7.41. The lowest BCUT2D eigenvalue weighted by Gasteiger charge is -2.40. The number of nitrogens with zero attached hydrogens (tertiary/aromatic N) is 5. The summed E-state index contributed by atoms with van der Waals surface area (Å²) in [5.74, 6) is 0.349. The number of carbonyl (C=O) groups is 3. The number of methoxy groups -OCH3 is 3. The van der Waals surface area contributed by atoms with Crippen LogP contribution in [0.5, 0.6) is 11.5 Å². The van der Waals surface area contributed by atoms with Crippen LogP contribution in [-0.2, 0) is 9.53 Å². The maximum absolute atomic E-state index is 14.3. The average Bonchev–Trinajstić information content (AvgIpc) is 3.14. The zero-order valence-corrected chi connectivity index (χ0v) is 28.5. The highest BCUT2D eigenvalue weighted by molar-refractivity contribution is 6.03. The van der Waals surface area contributed by atoms with E-state index in [0.717, 1.165) is 0 Å². The molecule has 1 aliphatic heterocycles. The first-order valence-corrected chi connectivity index (χ1v) is 16.1. The number of aromatic nitrogens is 2. The second-order valence-corrected chi connectivity index (χ2v) is 11.5. The van der Waals surface area contributed by atoms with Crippen molar-refractivity contribution in [2.45, 2.75) is 32.4 Å². The Balaban J connectivity index is 1.56. The van der Waals surface area contributed by atoms with E-state index < -0.39 is 30.0 Å². The molecule has 2 atom stereocenters. The van der Waals surface area contributed by atoms with E-state index in [1.807, 2.05) is 0 Å². The molecule has 1 fully saturated rings. The lowest BCUT2D eigenvalue weighted by atomic mass is 10.1. The van der Waals surface area contributed by atoms with E-state index in [9.17, 15) is 23.6 Å². The Kier molecular flexibility index (Phi) is 11.0. The van der Waals surface area contributed by atoms with Gasteiger partial charge in [-0.05, 0) is 61.9 Å². The molecule has 50 heavy (non-hydrogen) atoms. The molecule has 4 aromatic rings. The van der Waals surface area contributed by atoms with Gasteiger partial charge in [0.15, 0.2) is 5.82 Å². The van der Waals surface area contributed by atoms with Crippen LogP contribution in [0.15, 0.2) is 71.5 Å². The van der Waals surface area contributed by atoms with Crippen molar-refractivity contribution in [3.8, 4) is 11.5 Å². The Hall–Kier alpha value is -5.86. The number of amides is 4. The van der Waals surface area contributed by atoms with Crippen LogP contribution in [0.4, 0.5) is 25.4 Å². The first-order chi connectivity index (χ1) is 24.1. The highest BCUT2D eigenvalue weighted by atomic mass is 19.1. The van der Waals surface area contributed by atoms with Crippen LogP contribution in [-0.4, -0.2) is 86.1 Å². The Morgan fingerprint density at radius 3 is 2.30 bits per heavy atom. The number of hydrogen-bond donors (Lipinski definition) is 2. The van der Waals surface area contributed by atoms with Crippen LogP contribution in [0.2, 0.25) is 0 Å². The number of hydrogen-bond acceptors (Lipinski definition) is 9. The van der Waals surface area contributed by atoms with Crippen LogP contribution in [0.3, 0.4) is 0 Å². The van der Waals surface area contributed by atoms with E-state index in [4.69, 9.17) is 14.5 Å². The quantitative estimate of drug-likeness (QED) is 0.249. The molecule has 14 nitrogen and oxygen atoms in total. The Morgan fingerprint density at radius 1 is 0.960 bits per heavy atom. The van der Waals surface area contributed by atoms with E-state index in [1.54, 1.807) is 66.2 Å². The third-order valence-corrected chi connectivity index (χ3v) is 8.53. The van der Waals surface area contributed by atoms with Gasteiger partial charge >= 0.3 is 12.1 Å². The van der Waals surface area contributed by atoms with Crippen molar-refractivity contribution in [2.75, 3.05) is 62.7 Å². The van der Waals surface area contributed by atoms with E-state index >= 15 is 0 Å². The summed E-state index contributed by atoms with van der Waals surface area (Å²) in [6.45, 7) is 4.56. The van der Waals surface area contributed by atoms with Gasteiger partial charge in [-0.2, -0.15) is 0 Å². The molecule has 264 valence electrons. The van der Waals surface area contributed by atoms with Crippen LogP contribution in [0, 0.1) is 5.82 Å². The smallest absolute Gasteiger partial charge is 0.407 e. The van der Waals surface area contributed by atoms with Crippen LogP contribution in [0.1, 0.15) is 32.1 Å². The van der Waals surface area contributed by atoms with Gasteiger partial charge in [0.1, 0.15) is 23.4 Å². The fourth-order valence-electron chi connectivity index (χ4n) is 5.87. The Morgan fingerprint density at radius 2 is 1.66 bits per heavy atom. The molecule has 0 unspecified atom stereocenters. The molecule has 15 heteroatoms. The normalized spacial score (nSPS) is 14.0. The van der Waals surface area contributed by atoms with Crippen molar-refractivity contribution in [2.24, 2.45) is 0 Å². The minimum atomic E-state index is -0.886. The highest BCUT2D eigenvalue weighted by Crippen LogP contribution is 2.37. The van der Waals surface area contributed by atoms with Crippen molar-refractivity contribution < 1.29 is 33.0 Å². The summed E-state index contributed by atoms with van der Waals surface area (Å²) in [5.41, 5.74) is 0.785. The topological polar surface area (TPSA) is 148 Å². The highest BCUT2D eigenvalue weighted by Gasteiger charge is 2.34. The van der Waals surface area contributed by atoms with Crippen molar-refractivity contribution in [1.29, 1.82) is 0 Å². The summed E-state index contributed by atoms with van der Waals surface area (Å²) < 4.78 is 30.9. The molecule has 5 rings (SSSR count). The lowest BCUT2D eigenvalue weighted by molar-refractivity contribution is -0.133. The van der Waals surface area contributed by atoms with E-state index in [-0.39, 0.29) is 43.5 Å². The number of rotatable bonds is 10. The van der Waals surface area contributed by atoms with Crippen molar-refractivity contribution >= 4 is 40.3 Å². The number of alkyl carbamates (subject to hydrolysis) is 1. The SMILES string of the molecule is CC[C@H](NC(=O)OC)C(=O)N1CCN(n2c([C@H](C)N(C(=O)Nc3ccc(F)cc3)c3ccc(OC)cc3OC)nc3ccccc3c2=O)CC1. The van der Waals surface area contributed by atoms with E-state index in [0.29, 0.717) is 40.2 Å². The van der Waals surface area contributed by atoms with Gasteiger partial charge in [0.25, 0.3) is 5.56 Å². The fraction of sp³-hybridized carbons (Fsp3) is 0.343. The zero-order valence-electron chi connectivity index (χ0n) is 28.5. The number of fused-ring (bicyclic) bond motifs is 1. The maximum Gasteiger partial charge on any atom is 0.407 e. The number of urea groups is 1. The molecule has 0 saturated carbocycles. The monoisotopic (exact) mass is 689 g/mol. The molecule has 2 heterocycles. The molecular weight excluding hydrogens is 649 g/mol. The zero-order chi connectivity index (χ0) is 35.9. The number of nitrogens with one attached hydrogen (secondary N) is 2. The first kappa shape index (κ1) is 35.4.